The molecule has 0 unspecified atom stereocenters. The van der Waals surface area contributed by atoms with Crippen molar-refractivity contribution in [2.75, 3.05) is 26.3 Å². The van der Waals surface area contributed by atoms with Crippen molar-refractivity contribution in [1.29, 1.82) is 0 Å². The van der Waals surface area contributed by atoms with E-state index < -0.39 is 0 Å². The number of amides is 1. The van der Waals surface area contributed by atoms with Crippen molar-refractivity contribution in [2.45, 2.75) is 10.6 Å². The van der Waals surface area contributed by atoms with Gasteiger partial charge in [0.15, 0.2) is 0 Å². The molecule has 0 atom stereocenters. The van der Waals surface area contributed by atoms with Gasteiger partial charge in [-0.05, 0) is 29.8 Å². The molecule has 1 aromatic heterocycles. The number of benzene rings is 2. The summed E-state index contributed by atoms with van der Waals surface area (Å²) in [6, 6.07) is 18.1. The molecule has 3 aromatic rings. The zero-order valence-corrected chi connectivity index (χ0v) is 15.2. The maximum absolute atomic E-state index is 12.9. The zero-order valence-electron chi connectivity index (χ0n) is 14.4. The van der Waals surface area contributed by atoms with E-state index in [0.29, 0.717) is 26.3 Å². The number of nitrogens with zero attached hydrogens (tertiary/aromatic N) is 2. The van der Waals surface area contributed by atoms with Crippen molar-refractivity contribution in [2.24, 2.45) is 0 Å². The topological polar surface area (TPSA) is 42.4 Å². The highest BCUT2D eigenvalue weighted by Crippen LogP contribution is 2.29. The second-order valence-corrected chi connectivity index (χ2v) is 7.19. The SMILES string of the molecule is O=C(c1ccccc1SCc1ccnc2ccccc12)N1CCOCC1. The monoisotopic (exact) mass is 364 g/mol. The Bertz CT molecular complexity index is 917. The summed E-state index contributed by atoms with van der Waals surface area (Å²) in [6.45, 7) is 2.55. The average Bonchev–Trinajstić information content (AvgIpc) is 2.72. The Hall–Kier alpha value is -2.37. The largest absolute Gasteiger partial charge is 0.378 e. The van der Waals surface area contributed by atoms with Gasteiger partial charge in [0.05, 0.1) is 24.3 Å². The second kappa shape index (κ2) is 7.89. The van der Waals surface area contributed by atoms with E-state index in [0.717, 1.165) is 21.7 Å². The summed E-state index contributed by atoms with van der Waals surface area (Å²) in [5, 5.41) is 1.17. The molecule has 0 radical (unpaired) electrons. The van der Waals surface area contributed by atoms with Crippen LogP contribution in [0.25, 0.3) is 10.9 Å². The van der Waals surface area contributed by atoms with Gasteiger partial charge >= 0.3 is 0 Å². The molecule has 2 heterocycles. The third kappa shape index (κ3) is 3.59. The Morgan fingerprint density at radius 1 is 1.04 bits per heavy atom. The van der Waals surface area contributed by atoms with E-state index in [9.17, 15) is 4.79 Å². The molecular weight excluding hydrogens is 344 g/mol. The molecule has 4 rings (SSSR count). The van der Waals surface area contributed by atoms with Crippen LogP contribution in [-0.4, -0.2) is 42.1 Å². The van der Waals surface area contributed by atoms with Gasteiger partial charge in [0.25, 0.3) is 5.91 Å². The van der Waals surface area contributed by atoms with Gasteiger partial charge in [0.1, 0.15) is 0 Å². The smallest absolute Gasteiger partial charge is 0.255 e. The number of pyridine rings is 1. The van der Waals surface area contributed by atoms with Crippen molar-refractivity contribution >= 4 is 28.6 Å². The molecule has 1 saturated heterocycles. The van der Waals surface area contributed by atoms with E-state index in [1.807, 2.05) is 53.6 Å². The van der Waals surface area contributed by atoms with E-state index in [2.05, 4.69) is 17.1 Å². The van der Waals surface area contributed by atoms with E-state index >= 15 is 0 Å². The number of carbonyl (C=O) groups is 1. The van der Waals surface area contributed by atoms with Crippen LogP contribution in [0.5, 0.6) is 0 Å². The zero-order chi connectivity index (χ0) is 17.8. The molecule has 1 aliphatic heterocycles. The number of carbonyl (C=O) groups excluding carboxylic acids is 1. The van der Waals surface area contributed by atoms with Crippen LogP contribution in [0.2, 0.25) is 0 Å². The third-order valence-corrected chi connectivity index (χ3v) is 5.66. The number of aromatic nitrogens is 1. The molecule has 2 aromatic carbocycles. The molecule has 1 amide bonds. The molecule has 5 heteroatoms. The summed E-state index contributed by atoms with van der Waals surface area (Å²) in [5.74, 6) is 0.896. The average molecular weight is 364 g/mol. The number of rotatable bonds is 4. The van der Waals surface area contributed by atoms with Crippen LogP contribution in [0, 0.1) is 0 Å². The number of hydrogen-bond acceptors (Lipinski definition) is 4. The summed E-state index contributed by atoms with van der Waals surface area (Å²) < 4.78 is 5.36. The Labute approximate surface area is 157 Å². The molecule has 0 aliphatic carbocycles. The molecule has 1 fully saturated rings. The Kier molecular flexibility index (Phi) is 5.18. The number of para-hydroxylation sites is 1. The predicted molar refractivity (Wildman–Crippen MR) is 104 cm³/mol. The van der Waals surface area contributed by atoms with Crippen LogP contribution >= 0.6 is 11.8 Å². The van der Waals surface area contributed by atoms with Gasteiger partial charge in [0.2, 0.25) is 0 Å². The minimum absolute atomic E-state index is 0.0935. The summed E-state index contributed by atoms with van der Waals surface area (Å²) in [7, 11) is 0. The predicted octanol–water partition coefficient (Wildman–Crippen LogP) is 4.00. The minimum atomic E-state index is 0.0935. The maximum atomic E-state index is 12.9. The summed E-state index contributed by atoms with van der Waals surface area (Å²) in [5.41, 5.74) is 3.01. The lowest BCUT2D eigenvalue weighted by atomic mass is 10.1. The molecule has 4 nitrogen and oxygen atoms in total. The van der Waals surface area contributed by atoms with Crippen molar-refractivity contribution in [1.82, 2.24) is 9.88 Å². The van der Waals surface area contributed by atoms with Gasteiger partial charge in [0, 0.05) is 35.3 Å². The fourth-order valence-corrected chi connectivity index (χ4v) is 4.19. The van der Waals surface area contributed by atoms with Crippen LogP contribution in [0.15, 0.2) is 65.7 Å². The molecule has 132 valence electrons. The fourth-order valence-electron chi connectivity index (χ4n) is 3.14. The first-order valence-electron chi connectivity index (χ1n) is 8.74. The summed E-state index contributed by atoms with van der Waals surface area (Å²) in [6.07, 6.45) is 1.85. The minimum Gasteiger partial charge on any atom is -0.378 e. The van der Waals surface area contributed by atoms with Crippen molar-refractivity contribution in [3.8, 4) is 0 Å². The van der Waals surface area contributed by atoms with E-state index in [1.165, 1.54) is 10.9 Å². The van der Waals surface area contributed by atoms with Crippen LogP contribution < -0.4 is 0 Å². The number of morpholine rings is 1. The van der Waals surface area contributed by atoms with Crippen LogP contribution in [0.4, 0.5) is 0 Å². The van der Waals surface area contributed by atoms with Gasteiger partial charge in [-0.2, -0.15) is 0 Å². The Balaban J connectivity index is 1.56. The van der Waals surface area contributed by atoms with E-state index in [1.54, 1.807) is 11.8 Å². The van der Waals surface area contributed by atoms with Gasteiger partial charge in [-0.25, -0.2) is 0 Å². The summed E-state index contributed by atoms with van der Waals surface area (Å²) >= 11 is 1.70. The van der Waals surface area contributed by atoms with Gasteiger partial charge in [-0.3, -0.25) is 9.78 Å². The lowest BCUT2D eigenvalue weighted by Crippen LogP contribution is -2.40. The standard InChI is InChI=1S/C21H20N2O2S/c24-21(23-11-13-25-14-12-23)18-6-2-4-8-20(18)26-15-16-9-10-22-19-7-3-1-5-17(16)19/h1-10H,11-15H2. The molecule has 1 aliphatic rings. The van der Waals surface area contributed by atoms with Crippen molar-refractivity contribution < 1.29 is 9.53 Å². The van der Waals surface area contributed by atoms with E-state index in [-0.39, 0.29) is 5.91 Å². The maximum Gasteiger partial charge on any atom is 0.255 e. The molecule has 0 spiro atoms. The van der Waals surface area contributed by atoms with Gasteiger partial charge in [-0.1, -0.05) is 30.3 Å². The van der Waals surface area contributed by atoms with Gasteiger partial charge < -0.3 is 9.64 Å². The first-order valence-corrected chi connectivity index (χ1v) is 9.73. The molecule has 0 bridgehead atoms. The van der Waals surface area contributed by atoms with Crippen LogP contribution in [-0.2, 0) is 10.5 Å². The van der Waals surface area contributed by atoms with Gasteiger partial charge in [-0.15, -0.1) is 11.8 Å². The Morgan fingerprint density at radius 2 is 1.81 bits per heavy atom. The number of fused-ring (bicyclic) bond motifs is 1. The molecule has 0 saturated carbocycles. The highest BCUT2D eigenvalue weighted by molar-refractivity contribution is 7.98. The lowest BCUT2D eigenvalue weighted by molar-refractivity contribution is 0.0300. The highest BCUT2D eigenvalue weighted by Gasteiger charge is 2.21. The van der Waals surface area contributed by atoms with E-state index in [4.69, 9.17) is 4.74 Å². The first kappa shape index (κ1) is 17.1. The lowest BCUT2D eigenvalue weighted by Gasteiger charge is -2.27. The highest BCUT2D eigenvalue weighted by atomic mass is 32.2. The molecule has 0 N–H and O–H groups in total. The number of hydrogen-bond donors (Lipinski definition) is 0. The summed E-state index contributed by atoms with van der Waals surface area (Å²) in [4.78, 5) is 20.2. The van der Waals surface area contributed by atoms with Crippen molar-refractivity contribution in [3.63, 3.8) is 0 Å². The van der Waals surface area contributed by atoms with Crippen molar-refractivity contribution in [3.05, 3.63) is 71.9 Å². The number of thioether (sulfide) groups is 1. The van der Waals surface area contributed by atoms with Crippen LogP contribution in [0.1, 0.15) is 15.9 Å². The fraction of sp³-hybridized carbons (Fsp3) is 0.238. The first-order chi connectivity index (χ1) is 12.8. The second-order valence-electron chi connectivity index (χ2n) is 6.18. The van der Waals surface area contributed by atoms with Crippen LogP contribution in [0.3, 0.4) is 0 Å². The number of ether oxygens (including phenoxy) is 1. The normalized spacial score (nSPS) is 14.5. The quantitative estimate of drug-likeness (QED) is 0.656. The Morgan fingerprint density at radius 3 is 2.69 bits per heavy atom. The molecule has 26 heavy (non-hydrogen) atoms. The third-order valence-electron chi connectivity index (χ3n) is 4.54. The molecular formula is C21H20N2O2S.